The monoisotopic (exact) mass is 438 g/mol. The Labute approximate surface area is 141 Å². The van der Waals surface area contributed by atoms with E-state index in [0.717, 1.165) is 19.1 Å². The van der Waals surface area contributed by atoms with Gasteiger partial charge in [0.05, 0.1) is 14.2 Å². The molecule has 1 saturated carbocycles. The molecule has 0 bridgehead atoms. The fourth-order valence-corrected chi connectivity index (χ4v) is 5.09. The fraction of sp³-hybridized carbons (Fsp3) is 0.500. The Kier molecular flexibility index (Phi) is 5.48. The van der Waals surface area contributed by atoms with E-state index >= 15 is 0 Å². The second-order valence-corrected chi connectivity index (χ2v) is 9.32. The van der Waals surface area contributed by atoms with Crippen molar-refractivity contribution >= 4 is 48.0 Å². The molecule has 1 aromatic carbocycles. The molecule has 116 valence electrons. The van der Waals surface area contributed by atoms with Crippen LogP contribution in [0.1, 0.15) is 36.0 Å². The third kappa shape index (κ3) is 4.29. The maximum absolute atomic E-state index is 11.7. The van der Waals surface area contributed by atoms with E-state index in [0.29, 0.717) is 33.1 Å². The molecule has 1 aliphatic rings. The highest BCUT2D eigenvalue weighted by Gasteiger charge is 2.30. The van der Waals surface area contributed by atoms with E-state index in [1.165, 1.54) is 6.26 Å². The van der Waals surface area contributed by atoms with Crippen molar-refractivity contribution in [2.24, 2.45) is 0 Å². The van der Waals surface area contributed by atoms with Gasteiger partial charge in [0, 0.05) is 18.2 Å². The Balaban J connectivity index is 2.17. The van der Waals surface area contributed by atoms with Crippen molar-refractivity contribution in [3.05, 3.63) is 26.6 Å². The number of hydrogen-bond donors (Lipinski definition) is 0. The average molecular weight is 440 g/mol. The molecule has 2 unspecified atom stereocenters. The van der Waals surface area contributed by atoms with E-state index in [4.69, 9.17) is 4.74 Å². The van der Waals surface area contributed by atoms with E-state index in [9.17, 15) is 13.2 Å². The summed E-state index contributed by atoms with van der Waals surface area (Å²) < 4.78 is 30.7. The molecule has 0 N–H and O–H groups in total. The molecule has 4 nitrogen and oxygen atoms in total. The maximum Gasteiger partial charge on any atom is 0.150 e. The highest BCUT2D eigenvalue weighted by Crippen LogP contribution is 2.37. The smallest absolute Gasteiger partial charge is 0.150 e. The average Bonchev–Trinajstić information content (AvgIpc) is 2.42. The summed E-state index contributed by atoms with van der Waals surface area (Å²) in [6, 6.07) is 3.37. The first-order chi connectivity index (χ1) is 9.81. The van der Waals surface area contributed by atoms with E-state index in [-0.39, 0.29) is 11.4 Å². The van der Waals surface area contributed by atoms with Gasteiger partial charge < -0.3 is 4.74 Å². The van der Waals surface area contributed by atoms with Crippen LogP contribution >= 0.6 is 31.9 Å². The molecule has 7 heteroatoms. The number of rotatable bonds is 4. The first-order valence-electron chi connectivity index (χ1n) is 6.61. The summed E-state index contributed by atoms with van der Waals surface area (Å²) in [5.41, 5.74) is 0.541. The summed E-state index contributed by atoms with van der Waals surface area (Å²) >= 11 is 6.78. The van der Waals surface area contributed by atoms with Gasteiger partial charge in [0.15, 0.2) is 0 Å². The summed E-state index contributed by atoms with van der Waals surface area (Å²) in [5.74, 6) is 0.611. The highest BCUT2D eigenvalue weighted by atomic mass is 79.9. The molecular formula is C14H16Br2O4S. The van der Waals surface area contributed by atoms with Crippen LogP contribution in [-0.4, -0.2) is 32.3 Å². The lowest BCUT2D eigenvalue weighted by molar-refractivity contribution is 0.112. The summed E-state index contributed by atoms with van der Waals surface area (Å²) in [7, 11) is -3.03. The first kappa shape index (κ1) is 17.0. The van der Waals surface area contributed by atoms with Crippen molar-refractivity contribution in [2.45, 2.75) is 37.0 Å². The van der Waals surface area contributed by atoms with Gasteiger partial charge in [-0.2, -0.15) is 0 Å². The zero-order chi connectivity index (χ0) is 15.6. The predicted molar refractivity (Wildman–Crippen MR) is 88.7 cm³/mol. The topological polar surface area (TPSA) is 60.4 Å². The summed E-state index contributed by atoms with van der Waals surface area (Å²) in [6.07, 6.45) is 4.79. The molecular weight excluding hydrogens is 424 g/mol. The number of benzene rings is 1. The van der Waals surface area contributed by atoms with Crippen LogP contribution in [0, 0.1) is 0 Å². The lowest BCUT2D eigenvalue weighted by Gasteiger charge is -2.29. The Morgan fingerprint density at radius 3 is 2.38 bits per heavy atom. The first-order valence-corrected chi connectivity index (χ1v) is 10.1. The van der Waals surface area contributed by atoms with Crippen molar-refractivity contribution in [1.29, 1.82) is 0 Å². The quantitative estimate of drug-likeness (QED) is 0.670. The third-order valence-electron chi connectivity index (χ3n) is 3.62. The SMILES string of the molecule is CS(=O)(=O)C1CCCC(Oc2c(Br)cc(C=O)cc2Br)C1. The minimum Gasteiger partial charge on any atom is -0.488 e. The summed E-state index contributed by atoms with van der Waals surface area (Å²) in [4.78, 5) is 10.8. The zero-order valence-electron chi connectivity index (χ0n) is 11.5. The Hall–Kier alpha value is -0.400. The minimum atomic E-state index is -3.03. The number of carbonyl (C=O) groups is 1. The molecule has 21 heavy (non-hydrogen) atoms. The number of sulfone groups is 1. The Morgan fingerprint density at radius 1 is 1.24 bits per heavy atom. The van der Waals surface area contributed by atoms with E-state index in [1.54, 1.807) is 12.1 Å². The summed E-state index contributed by atoms with van der Waals surface area (Å²) in [5, 5.41) is -0.331. The van der Waals surface area contributed by atoms with Crippen molar-refractivity contribution in [3.63, 3.8) is 0 Å². The second-order valence-electron chi connectivity index (χ2n) is 5.29. The van der Waals surface area contributed by atoms with Crippen LogP contribution in [0.25, 0.3) is 0 Å². The van der Waals surface area contributed by atoms with Crippen molar-refractivity contribution in [1.82, 2.24) is 0 Å². The number of aldehydes is 1. The van der Waals surface area contributed by atoms with E-state index in [2.05, 4.69) is 31.9 Å². The number of ether oxygens (including phenoxy) is 1. The van der Waals surface area contributed by atoms with Gasteiger partial charge >= 0.3 is 0 Å². The lowest BCUT2D eigenvalue weighted by Crippen LogP contribution is -2.33. The standard InChI is InChI=1S/C14H16Br2O4S/c1-21(18,19)11-4-2-3-10(7-11)20-14-12(15)5-9(8-17)6-13(14)16/h5-6,8,10-11H,2-4,7H2,1H3. The van der Waals surface area contributed by atoms with Gasteiger partial charge in [-0.25, -0.2) is 8.42 Å². The van der Waals surface area contributed by atoms with Crippen LogP contribution in [0.4, 0.5) is 0 Å². The zero-order valence-corrected chi connectivity index (χ0v) is 15.5. The molecule has 0 amide bonds. The number of carbonyl (C=O) groups excluding carboxylic acids is 1. The molecule has 0 spiro atoms. The van der Waals surface area contributed by atoms with Crippen molar-refractivity contribution < 1.29 is 17.9 Å². The van der Waals surface area contributed by atoms with E-state index < -0.39 is 9.84 Å². The van der Waals surface area contributed by atoms with Gasteiger partial charge in [0.1, 0.15) is 28.0 Å². The molecule has 1 aliphatic carbocycles. The number of halogens is 2. The molecule has 0 saturated heterocycles. The Bertz CT molecular complexity index is 619. The lowest BCUT2D eigenvalue weighted by atomic mass is 9.97. The van der Waals surface area contributed by atoms with Crippen LogP contribution in [0.3, 0.4) is 0 Å². The Morgan fingerprint density at radius 2 is 1.86 bits per heavy atom. The molecule has 1 aromatic rings. The third-order valence-corrected chi connectivity index (χ3v) is 6.44. The normalized spacial score (nSPS) is 22.8. The van der Waals surface area contributed by atoms with Gasteiger partial charge in [-0.15, -0.1) is 0 Å². The molecule has 0 aliphatic heterocycles. The van der Waals surface area contributed by atoms with Gasteiger partial charge in [-0.3, -0.25) is 4.79 Å². The highest BCUT2D eigenvalue weighted by molar-refractivity contribution is 9.11. The van der Waals surface area contributed by atoms with Crippen LogP contribution in [0.2, 0.25) is 0 Å². The van der Waals surface area contributed by atoms with Gasteiger partial charge in [0.2, 0.25) is 0 Å². The van der Waals surface area contributed by atoms with Crippen LogP contribution < -0.4 is 4.74 Å². The molecule has 2 rings (SSSR count). The predicted octanol–water partition coefficient (Wildman–Crippen LogP) is 3.76. The number of hydrogen-bond acceptors (Lipinski definition) is 4. The molecule has 0 aromatic heterocycles. The maximum atomic E-state index is 11.7. The molecule has 0 heterocycles. The van der Waals surface area contributed by atoms with Gasteiger partial charge in [0.25, 0.3) is 0 Å². The largest absolute Gasteiger partial charge is 0.488 e. The molecule has 2 atom stereocenters. The van der Waals surface area contributed by atoms with Gasteiger partial charge in [-0.05, 0) is 63.3 Å². The fourth-order valence-electron chi connectivity index (χ4n) is 2.52. The summed E-state index contributed by atoms with van der Waals surface area (Å²) in [6.45, 7) is 0. The van der Waals surface area contributed by atoms with Crippen molar-refractivity contribution in [3.8, 4) is 5.75 Å². The minimum absolute atomic E-state index is 0.131. The second kappa shape index (κ2) is 6.79. The molecule has 0 radical (unpaired) electrons. The molecule has 1 fully saturated rings. The van der Waals surface area contributed by atoms with Crippen LogP contribution in [-0.2, 0) is 9.84 Å². The van der Waals surface area contributed by atoms with Gasteiger partial charge in [-0.1, -0.05) is 0 Å². The van der Waals surface area contributed by atoms with Crippen LogP contribution in [0.15, 0.2) is 21.1 Å². The van der Waals surface area contributed by atoms with Crippen molar-refractivity contribution in [2.75, 3.05) is 6.26 Å². The van der Waals surface area contributed by atoms with E-state index in [1.807, 2.05) is 0 Å². The van der Waals surface area contributed by atoms with Crippen LogP contribution in [0.5, 0.6) is 5.75 Å².